The number of hydrogen-bond donors (Lipinski definition) is 2. The number of imide groups is 1. The minimum absolute atomic E-state index is 0.167. The highest BCUT2D eigenvalue weighted by Crippen LogP contribution is 2.33. The number of unbranched alkanes of at least 4 members (excludes halogenated alkanes) is 2. The zero-order valence-corrected chi connectivity index (χ0v) is 31.0. The molecule has 6 heterocycles. The summed E-state index contributed by atoms with van der Waals surface area (Å²) in [6.45, 7) is 4.80. The van der Waals surface area contributed by atoms with Crippen LogP contribution >= 0.6 is 0 Å². The van der Waals surface area contributed by atoms with Crippen LogP contribution in [0.3, 0.4) is 0 Å². The quantitative estimate of drug-likeness (QED) is 0.163. The number of benzene rings is 2. The molecule has 0 aliphatic carbocycles. The van der Waals surface area contributed by atoms with Crippen LogP contribution in [-0.2, 0) is 20.9 Å². The van der Waals surface area contributed by atoms with Crippen molar-refractivity contribution in [3.63, 3.8) is 0 Å². The molecule has 0 radical (unpaired) electrons. The summed E-state index contributed by atoms with van der Waals surface area (Å²) in [5.41, 5.74) is 7.47. The number of fused-ring (bicyclic) bond motifs is 2. The van der Waals surface area contributed by atoms with Gasteiger partial charge >= 0.3 is 0 Å². The lowest BCUT2D eigenvalue weighted by Gasteiger charge is -2.32. The summed E-state index contributed by atoms with van der Waals surface area (Å²) in [5.74, 6) is -0.135. The summed E-state index contributed by atoms with van der Waals surface area (Å²) in [6, 6.07) is 11.7. The summed E-state index contributed by atoms with van der Waals surface area (Å²) in [6.07, 6.45) is 13.7. The summed E-state index contributed by atoms with van der Waals surface area (Å²) in [7, 11) is 2.19. The average Bonchev–Trinajstić information content (AvgIpc) is 3.81. The molecule has 4 amide bonds. The predicted molar refractivity (Wildman–Crippen MR) is 205 cm³/mol. The highest BCUT2D eigenvalue weighted by atomic mass is 16.2. The molecule has 2 aromatic carbocycles. The highest BCUT2D eigenvalue weighted by molar-refractivity contribution is 6.05. The zero-order valence-electron chi connectivity index (χ0n) is 31.0. The molecule has 1 unspecified atom stereocenters. The molecule has 8 rings (SSSR count). The van der Waals surface area contributed by atoms with Gasteiger partial charge in [-0.15, -0.1) is 0 Å². The van der Waals surface area contributed by atoms with E-state index >= 15 is 0 Å². The molecule has 282 valence electrons. The molecule has 4 aromatic rings. The van der Waals surface area contributed by atoms with Crippen molar-refractivity contribution < 1.29 is 19.2 Å². The largest absolute Gasteiger partial charge is 0.385 e. The van der Waals surface area contributed by atoms with Crippen molar-refractivity contribution in [1.82, 2.24) is 39.8 Å². The fourth-order valence-corrected chi connectivity index (χ4v) is 8.55. The molecular weight excluding hydrogens is 683 g/mol. The second kappa shape index (κ2) is 15.7. The summed E-state index contributed by atoms with van der Waals surface area (Å²) in [5, 5.41) is 10.5. The Morgan fingerprint density at radius 3 is 2.59 bits per heavy atom. The van der Waals surface area contributed by atoms with Gasteiger partial charge in [-0.2, -0.15) is 5.10 Å². The molecule has 0 saturated carbocycles. The van der Waals surface area contributed by atoms with Gasteiger partial charge in [-0.3, -0.25) is 34.2 Å². The van der Waals surface area contributed by atoms with Crippen molar-refractivity contribution in [3.05, 3.63) is 71.7 Å². The van der Waals surface area contributed by atoms with E-state index in [0.29, 0.717) is 30.9 Å². The van der Waals surface area contributed by atoms with Crippen molar-refractivity contribution in [2.45, 2.75) is 88.8 Å². The Labute approximate surface area is 315 Å². The number of amides is 4. The first-order valence-electron chi connectivity index (χ1n) is 19.6. The maximum absolute atomic E-state index is 13.1. The molecule has 1 atom stereocenters. The van der Waals surface area contributed by atoms with Gasteiger partial charge in [0.15, 0.2) is 0 Å². The number of carbonyl (C=O) groups is 4. The van der Waals surface area contributed by atoms with E-state index in [1.54, 1.807) is 4.90 Å². The number of para-hydroxylation sites is 1. The van der Waals surface area contributed by atoms with E-state index in [2.05, 4.69) is 40.9 Å². The minimum atomic E-state index is -0.613. The van der Waals surface area contributed by atoms with E-state index in [1.807, 2.05) is 46.2 Å². The van der Waals surface area contributed by atoms with Crippen LogP contribution in [0.15, 0.2) is 55.0 Å². The Morgan fingerprint density at radius 1 is 0.944 bits per heavy atom. The molecule has 13 nitrogen and oxygen atoms in total. The fraction of sp³-hybridized carbons (Fsp3) is 0.488. The van der Waals surface area contributed by atoms with Crippen molar-refractivity contribution in [3.8, 4) is 11.3 Å². The third kappa shape index (κ3) is 7.59. The van der Waals surface area contributed by atoms with Gasteiger partial charge in [0.2, 0.25) is 17.7 Å². The van der Waals surface area contributed by atoms with Gasteiger partial charge in [0.1, 0.15) is 6.04 Å². The molecule has 2 aromatic heterocycles. The Balaban J connectivity index is 0.763. The lowest BCUT2D eigenvalue weighted by Crippen LogP contribution is -2.52. The topological polar surface area (TPSA) is 146 Å². The first-order valence-corrected chi connectivity index (χ1v) is 19.6. The van der Waals surface area contributed by atoms with E-state index in [9.17, 15) is 19.2 Å². The Morgan fingerprint density at radius 2 is 1.78 bits per heavy atom. The van der Waals surface area contributed by atoms with E-state index < -0.39 is 11.9 Å². The number of rotatable bonds is 11. The van der Waals surface area contributed by atoms with Crippen LogP contribution in [0.2, 0.25) is 0 Å². The van der Waals surface area contributed by atoms with E-state index in [0.717, 1.165) is 111 Å². The lowest BCUT2D eigenvalue weighted by atomic mass is 9.88. The molecule has 4 aliphatic heterocycles. The number of piperidine rings is 3. The third-order valence-corrected chi connectivity index (χ3v) is 11.8. The Bertz CT molecular complexity index is 2050. The van der Waals surface area contributed by atoms with Gasteiger partial charge < -0.3 is 20.0 Å². The number of hydrogen-bond acceptors (Lipinski definition) is 9. The first-order chi connectivity index (χ1) is 26.3. The smallest absolute Gasteiger partial charge is 0.255 e. The van der Waals surface area contributed by atoms with E-state index in [-0.39, 0.29) is 30.2 Å². The molecule has 3 fully saturated rings. The maximum atomic E-state index is 13.1. The normalized spacial score (nSPS) is 20.1. The van der Waals surface area contributed by atoms with Gasteiger partial charge in [-0.25, -0.2) is 4.98 Å². The number of anilines is 1. The second-order valence-electron chi connectivity index (χ2n) is 15.4. The molecule has 0 bridgehead atoms. The summed E-state index contributed by atoms with van der Waals surface area (Å²) >= 11 is 0. The van der Waals surface area contributed by atoms with Crippen LogP contribution in [-0.4, -0.2) is 104 Å². The van der Waals surface area contributed by atoms with Gasteiger partial charge in [0.25, 0.3) is 5.91 Å². The fourth-order valence-electron chi connectivity index (χ4n) is 8.55. The summed E-state index contributed by atoms with van der Waals surface area (Å²) < 4.78 is 2.05. The molecular formula is C41H49N9O4. The molecule has 13 heteroatoms. The van der Waals surface area contributed by atoms with Crippen LogP contribution in [0.1, 0.15) is 97.7 Å². The van der Waals surface area contributed by atoms with Crippen LogP contribution < -0.4 is 10.6 Å². The van der Waals surface area contributed by atoms with Crippen molar-refractivity contribution in [2.75, 3.05) is 45.1 Å². The van der Waals surface area contributed by atoms with Gasteiger partial charge in [0, 0.05) is 62.0 Å². The van der Waals surface area contributed by atoms with E-state index in [4.69, 9.17) is 15.1 Å². The van der Waals surface area contributed by atoms with Gasteiger partial charge in [-0.05, 0) is 106 Å². The van der Waals surface area contributed by atoms with Crippen molar-refractivity contribution >= 4 is 40.3 Å². The Hall–Kier alpha value is -5.17. The van der Waals surface area contributed by atoms with Crippen LogP contribution in [0.5, 0.6) is 0 Å². The molecule has 54 heavy (non-hydrogen) atoms. The molecule has 4 aliphatic rings. The predicted octanol–water partition coefficient (Wildman–Crippen LogP) is 4.90. The van der Waals surface area contributed by atoms with Gasteiger partial charge in [0.05, 0.1) is 35.2 Å². The zero-order chi connectivity index (χ0) is 37.2. The number of aromatic nitrogens is 4. The first kappa shape index (κ1) is 35.8. The number of nitrogens with one attached hydrogen (secondary N) is 2. The molecule has 2 N–H and O–H groups in total. The SMILES string of the molecule is CN1CCC(c2cccc3ncc(-c4cnn(C5CCN(C(=O)CCCCCNc6ccc7c(c6)CN(C6CCC(=O)NC6=O)C7=O)CC5)c4)nc23)CC1. The molecule has 3 saturated heterocycles. The maximum Gasteiger partial charge on any atom is 0.255 e. The standard InChI is InChI=1S/C41H49N9O4/c1-47-18-13-27(14-19-47)32-6-5-7-34-39(32)45-35(24-43-34)29-23-44-50(26-29)31-15-20-48(21-16-31)38(52)8-3-2-4-17-42-30-9-10-33-28(22-30)25-49(41(33)54)36-11-12-37(51)46-40(36)53/h5-7,9-10,22-24,26-27,31,36,42H,2-4,8,11-21,25H2,1H3,(H,46,51,53). The second-order valence-corrected chi connectivity index (χ2v) is 15.4. The van der Waals surface area contributed by atoms with Crippen LogP contribution in [0, 0.1) is 0 Å². The number of nitrogens with zero attached hydrogens (tertiary/aromatic N) is 7. The Kier molecular flexibility index (Phi) is 10.4. The van der Waals surface area contributed by atoms with Crippen LogP contribution in [0.4, 0.5) is 5.69 Å². The van der Waals surface area contributed by atoms with E-state index in [1.165, 1.54) is 5.56 Å². The van der Waals surface area contributed by atoms with Crippen LogP contribution in [0.25, 0.3) is 22.3 Å². The average molecular weight is 732 g/mol. The minimum Gasteiger partial charge on any atom is -0.385 e. The number of carbonyl (C=O) groups excluding carboxylic acids is 4. The highest BCUT2D eigenvalue weighted by Gasteiger charge is 2.39. The number of likely N-dealkylation sites (tertiary alicyclic amines) is 2. The van der Waals surface area contributed by atoms with Gasteiger partial charge in [-0.1, -0.05) is 18.6 Å². The molecule has 0 spiro atoms. The lowest BCUT2D eigenvalue weighted by molar-refractivity contribution is -0.137. The van der Waals surface area contributed by atoms with Crippen molar-refractivity contribution in [1.29, 1.82) is 0 Å². The monoisotopic (exact) mass is 731 g/mol. The summed E-state index contributed by atoms with van der Waals surface area (Å²) in [4.78, 5) is 65.7. The van der Waals surface area contributed by atoms with Crippen molar-refractivity contribution in [2.24, 2.45) is 0 Å². The third-order valence-electron chi connectivity index (χ3n) is 11.8.